The molecule has 0 fully saturated rings. The van der Waals surface area contributed by atoms with Gasteiger partial charge in [0.25, 0.3) is 11.6 Å². The number of benzene rings is 1. The maximum atomic E-state index is 12.2. The average molecular weight is 263 g/mol. The molecule has 1 N–H and O–H groups in total. The largest absolute Gasteiger partial charge is 0.369 e. The van der Waals surface area contributed by atoms with Gasteiger partial charge < -0.3 is 5.11 Å². The molecule has 1 amide bonds. The van der Waals surface area contributed by atoms with Crippen LogP contribution in [0.5, 0.6) is 0 Å². The van der Waals surface area contributed by atoms with Crippen molar-refractivity contribution in [3.8, 4) is 0 Å². The summed E-state index contributed by atoms with van der Waals surface area (Å²) < 4.78 is 0. The Labute approximate surface area is 109 Å². The second-order valence-corrected chi connectivity index (χ2v) is 4.65. The van der Waals surface area contributed by atoms with E-state index in [2.05, 4.69) is 5.10 Å². The molecule has 1 aliphatic heterocycles. The zero-order valence-corrected chi connectivity index (χ0v) is 10.5. The van der Waals surface area contributed by atoms with E-state index < -0.39 is 16.6 Å². The molecule has 7 nitrogen and oxygen atoms in total. The molecule has 19 heavy (non-hydrogen) atoms. The minimum absolute atomic E-state index is 0.118. The van der Waals surface area contributed by atoms with Gasteiger partial charge in [-0.1, -0.05) is 6.07 Å². The fraction of sp³-hybridized carbons (Fsp3) is 0.333. The predicted octanol–water partition coefficient (Wildman–Crippen LogP) is 1.53. The molecule has 0 aliphatic carbocycles. The minimum Gasteiger partial charge on any atom is -0.369 e. The van der Waals surface area contributed by atoms with Crippen LogP contribution in [0, 0.1) is 10.1 Å². The highest BCUT2D eigenvalue weighted by Crippen LogP contribution is 2.27. The van der Waals surface area contributed by atoms with Crippen molar-refractivity contribution in [3.63, 3.8) is 0 Å². The van der Waals surface area contributed by atoms with Gasteiger partial charge in [-0.15, -0.1) is 0 Å². The van der Waals surface area contributed by atoms with Crippen LogP contribution < -0.4 is 0 Å². The topological polar surface area (TPSA) is 96.0 Å². The molecule has 1 aromatic carbocycles. The van der Waals surface area contributed by atoms with Crippen molar-refractivity contribution >= 4 is 17.3 Å². The highest BCUT2D eigenvalue weighted by Gasteiger charge is 2.39. The van der Waals surface area contributed by atoms with E-state index in [1.165, 1.54) is 31.2 Å². The van der Waals surface area contributed by atoms with Gasteiger partial charge in [-0.05, 0) is 19.9 Å². The van der Waals surface area contributed by atoms with Crippen molar-refractivity contribution in [3.05, 3.63) is 39.9 Å². The number of rotatable bonds is 2. The summed E-state index contributed by atoms with van der Waals surface area (Å²) >= 11 is 0. The smallest absolute Gasteiger partial charge is 0.276 e. The number of hydrogen-bond donors (Lipinski definition) is 1. The van der Waals surface area contributed by atoms with E-state index >= 15 is 0 Å². The Morgan fingerprint density at radius 2 is 2.26 bits per heavy atom. The molecule has 1 aromatic rings. The lowest BCUT2D eigenvalue weighted by Gasteiger charge is -2.26. The third-order valence-corrected chi connectivity index (χ3v) is 2.81. The summed E-state index contributed by atoms with van der Waals surface area (Å²) in [5.41, 5.74) is -0.826. The van der Waals surface area contributed by atoms with Crippen molar-refractivity contribution in [2.24, 2.45) is 5.10 Å². The lowest BCUT2D eigenvalue weighted by atomic mass is 10.1. The van der Waals surface area contributed by atoms with E-state index in [0.717, 1.165) is 5.01 Å². The van der Waals surface area contributed by atoms with E-state index in [1.807, 2.05) is 0 Å². The molecule has 0 saturated heterocycles. The summed E-state index contributed by atoms with van der Waals surface area (Å²) in [7, 11) is 0. The van der Waals surface area contributed by atoms with Crippen LogP contribution in [0.25, 0.3) is 0 Å². The molecule has 0 spiro atoms. The van der Waals surface area contributed by atoms with Gasteiger partial charge in [0, 0.05) is 29.8 Å². The summed E-state index contributed by atoms with van der Waals surface area (Å²) in [5, 5.41) is 25.7. The first kappa shape index (κ1) is 13.2. The van der Waals surface area contributed by atoms with Gasteiger partial charge in [-0.3, -0.25) is 14.9 Å². The molecule has 0 aromatic heterocycles. The van der Waals surface area contributed by atoms with Crippen molar-refractivity contribution < 1.29 is 14.8 Å². The van der Waals surface area contributed by atoms with Crippen molar-refractivity contribution in [2.75, 3.05) is 0 Å². The zero-order chi connectivity index (χ0) is 14.2. The van der Waals surface area contributed by atoms with Gasteiger partial charge in [0.2, 0.25) is 0 Å². The highest BCUT2D eigenvalue weighted by atomic mass is 16.6. The van der Waals surface area contributed by atoms with Gasteiger partial charge >= 0.3 is 0 Å². The van der Waals surface area contributed by atoms with Gasteiger partial charge in [-0.25, -0.2) is 0 Å². The summed E-state index contributed by atoms with van der Waals surface area (Å²) in [6.07, 6.45) is 0.258. The number of hydrogen-bond acceptors (Lipinski definition) is 5. The van der Waals surface area contributed by atoms with Crippen LogP contribution in [0.3, 0.4) is 0 Å². The average Bonchev–Trinajstić information content (AvgIpc) is 2.61. The van der Waals surface area contributed by atoms with Crippen LogP contribution in [-0.4, -0.2) is 32.4 Å². The van der Waals surface area contributed by atoms with E-state index in [1.54, 1.807) is 6.92 Å². The van der Waals surface area contributed by atoms with E-state index in [4.69, 9.17) is 0 Å². The second-order valence-electron chi connectivity index (χ2n) is 4.65. The Morgan fingerprint density at radius 3 is 2.79 bits per heavy atom. The van der Waals surface area contributed by atoms with Crippen LogP contribution in [0.15, 0.2) is 29.4 Å². The molecule has 1 atom stereocenters. The standard InChI is InChI=1S/C12H13N3O4/c1-8-7-12(2,17)14(13-8)11(16)9-4-3-5-10(6-9)15(18)19/h3-6,17H,7H2,1-2H3/t12-/m0/s1. The van der Waals surface area contributed by atoms with E-state index in [0.29, 0.717) is 5.71 Å². The van der Waals surface area contributed by atoms with Crippen LogP contribution in [-0.2, 0) is 0 Å². The third-order valence-electron chi connectivity index (χ3n) is 2.81. The SMILES string of the molecule is CC1=NN(C(=O)c2cccc([N+](=O)[O-])c2)[C@@](C)(O)C1. The Balaban J connectivity index is 2.35. The monoisotopic (exact) mass is 263 g/mol. The molecular weight excluding hydrogens is 250 g/mol. The maximum absolute atomic E-state index is 12.2. The normalized spacial score (nSPS) is 22.3. The van der Waals surface area contributed by atoms with Gasteiger partial charge in [0.05, 0.1) is 4.92 Å². The van der Waals surface area contributed by atoms with Crippen molar-refractivity contribution in [1.29, 1.82) is 0 Å². The molecule has 2 rings (SSSR count). The molecule has 7 heteroatoms. The van der Waals surface area contributed by atoms with E-state index in [9.17, 15) is 20.0 Å². The van der Waals surface area contributed by atoms with E-state index in [-0.39, 0.29) is 17.7 Å². The Kier molecular flexibility index (Phi) is 3.07. The molecule has 1 aliphatic rings. The van der Waals surface area contributed by atoms with Crippen molar-refractivity contribution in [1.82, 2.24) is 5.01 Å². The maximum Gasteiger partial charge on any atom is 0.276 e. The number of carbonyl (C=O) groups is 1. The summed E-state index contributed by atoms with van der Waals surface area (Å²) in [6, 6.07) is 5.34. The Bertz CT molecular complexity index is 580. The van der Waals surface area contributed by atoms with Gasteiger partial charge in [0.1, 0.15) is 0 Å². The van der Waals surface area contributed by atoms with Crippen molar-refractivity contribution in [2.45, 2.75) is 26.0 Å². The molecule has 0 unspecified atom stereocenters. The number of aliphatic hydroxyl groups is 1. The van der Waals surface area contributed by atoms with Crippen LogP contribution in [0.2, 0.25) is 0 Å². The zero-order valence-electron chi connectivity index (χ0n) is 10.5. The molecule has 0 radical (unpaired) electrons. The van der Waals surface area contributed by atoms with Gasteiger partial charge in [0.15, 0.2) is 5.72 Å². The summed E-state index contributed by atoms with van der Waals surface area (Å²) in [5.74, 6) is -0.564. The summed E-state index contributed by atoms with van der Waals surface area (Å²) in [4.78, 5) is 22.3. The minimum atomic E-state index is -1.40. The number of carbonyl (C=O) groups excluding carboxylic acids is 1. The number of non-ortho nitro benzene ring substituents is 1. The molecular formula is C12H13N3O4. The Morgan fingerprint density at radius 1 is 1.58 bits per heavy atom. The third kappa shape index (κ3) is 2.45. The lowest BCUT2D eigenvalue weighted by Crippen LogP contribution is -2.43. The first-order valence-corrected chi connectivity index (χ1v) is 5.67. The molecule has 0 bridgehead atoms. The van der Waals surface area contributed by atoms with Gasteiger partial charge in [-0.2, -0.15) is 10.1 Å². The fourth-order valence-electron chi connectivity index (χ4n) is 2.01. The first-order chi connectivity index (χ1) is 8.81. The van der Waals surface area contributed by atoms with Crippen LogP contribution in [0.1, 0.15) is 30.6 Å². The lowest BCUT2D eigenvalue weighted by molar-refractivity contribution is -0.384. The highest BCUT2D eigenvalue weighted by molar-refractivity contribution is 5.98. The molecule has 0 saturated carbocycles. The molecule has 100 valence electrons. The number of nitro groups is 1. The number of amides is 1. The number of nitrogens with zero attached hydrogens (tertiary/aromatic N) is 3. The number of hydrazone groups is 1. The quantitative estimate of drug-likeness (QED) is 0.646. The first-order valence-electron chi connectivity index (χ1n) is 5.67. The Hall–Kier alpha value is -2.28. The van der Waals surface area contributed by atoms with Crippen LogP contribution in [0.4, 0.5) is 5.69 Å². The fourth-order valence-corrected chi connectivity index (χ4v) is 2.01. The summed E-state index contributed by atoms with van der Waals surface area (Å²) in [6.45, 7) is 3.18. The molecule has 1 heterocycles. The second kappa shape index (κ2) is 4.43. The number of nitro benzene ring substituents is 1. The predicted molar refractivity (Wildman–Crippen MR) is 67.6 cm³/mol. The van der Waals surface area contributed by atoms with Crippen LogP contribution >= 0.6 is 0 Å².